The number of sulfonamides is 1. The number of nitrogens with zero attached hydrogens (tertiary/aromatic N) is 2. The Balaban J connectivity index is 1.41. The lowest BCUT2D eigenvalue weighted by Crippen LogP contribution is -2.37. The molecule has 0 bridgehead atoms. The van der Waals surface area contributed by atoms with Crippen LogP contribution >= 0.6 is 0 Å². The van der Waals surface area contributed by atoms with Gasteiger partial charge >= 0.3 is 0 Å². The van der Waals surface area contributed by atoms with Crippen molar-refractivity contribution in [2.24, 2.45) is 0 Å². The third-order valence-electron chi connectivity index (χ3n) is 4.90. The quantitative estimate of drug-likeness (QED) is 0.895. The van der Waals surface area contributed by atoms with Gasteiger partial charge in [0.05, 0.1) is 23.5 Å². The SMILES string of the molecule is O=S(=O)(C1CC1)N1CCC2(CC(Nc3ncccc3F)CO2)C1. The van der Waals surface area contributed by atoms with Crippen molar-refractivity contribution < 1.29 is 17.5 Å². The van der Waals surface area contributed by atoms with Gasteiger partial charge < -0.3 is 10.1 Å². The van der Waals surface area contributed by atoms with E-state index in [0.717, 1.165) is 12.8 Å². The molecular formula is C15H20FN3O3S. The molecule has 2 unspecified atom stereocenters. The van der Waals surface area contributed by atoms with Gasteiger partial charge in [0.25, 0.3) is 0 Å². The maximum absolute atomic E-state index is 13.7. The second-order valence-corrected chi connectivity index (χ2v) is 8.91. The summed E-state index contributed by atoms with van der Waals surface area (Å²) in [6.07, 6.45) is 4.45. The largest absolute Gasteiger partial charge is 0.371 e. The average Bonchev–Trinajstić information content (AvgIpc) is 3.21. The smallest absolute Gasteiger partial charge is 0.217 e. The highest BCUT2D eigenvalue weighted by Crippen LogP contribution is 2.40. The third-order valence-corrected chi connectivity index (χ3v) is 7.24. The standard InChI is InChI=1S/C15H20FN3O3S/c16-13-2-1-6-17-14(13)18-11-8-15(22-9-11)5-7-19(10-15)23(20,21)12-3-4-12/h1-2,6,11-12H,3-5,7-10H2,(H,17,18). The number of aromatic nitrogens is 1. The molecule has 23 heavy (non-hydrogen) atoms. The van der Waals surface area contributed by atoms with E-state index in [1.807, 2.05) is 0 Å². The van der Waals surface area contributed by atoms with Gasteiger partial charge in [-0.1, -0.05) is 0 Å². The minimum absolute atomic E-state index is 0.0528. The summed E-state index contributed by atoms with van der Waals surface area (Å²) in [5.74, 6) is -0.170. The van der Waals surface area contributed by atoms with Crippen molar-refractivity contribution in [2.75, 3.05) is 25.0 Å². The molecule has 0 aromatic carbocycles. The highest BCUT2D eigenvalue weighted by Gasteiger charge is 2.51. The molecule has 3 aliphatic rings. The Hall–Kier alpha value is -1.25. The summed E-state index contributed by atoms with van der Waals surface area (Å²) in [4.78, 5) is 3.99. The van der Waals surface area contributed by atoms with Crippen LogP contribution in [-0.4, -0.2) is 54.3 Å². The number of hydrogen-bond donors (Lipinski definition) is 1. The third kappa shape index (κ3) is 2.83. The molecule has 0 radical (unpaired) electrons. The minimum atomic E-state index is -3.15. The predicted molar refractivity (Wildman–Crippen MR) is 83.0 cm³/mol. The molecule has 2 aliphatic heterocycles. The number of hydrogen-bond acceptors (Lipinski definition) is 5. The van der Waals surface area contributed by atoms with Crippen molar-refractivity contribution in [3.05, 3.63) is 24.1 Å². The number of ether oxygens (including phenoxy) is 1. The van der Waals surface area contributed by atoms with E-state index in [4.69, 9.17) is 4.74 Å². The number of nitrogens with one attached hydrogen (secondary N) is 1. The van der Waals surface area contributed by atoms with Crippen molar-refractivity contribution in [2.45, 2.75) is 42.6 Å². The van der Waals surface area contributed by atoms with E-state index in [9.17, 15) is 12.8 Å². The first-order chi connectivity index (χ1) is 11.0. The van der Waals surface area contributed by atoms with Gasteiger partial charge in [-0.3, -0.25) is 0 Å². The van der Waals surface area contributed by atoms with E-state index in [1.54, 1.807) is 10.4 Å². The Morgan fingerprint density at radius 3 is 3.00 bits per heavy atom. The lowest BCUT2D eigenvalue weighted by atomic mass is 9.97. The second kappa shape index (κ2) is 5.39. The maximum Gasteiger partial charge on any atom is 0.217 e. The lowest BCUT2D eigenvalue weighted by molar-refractivity contribution is 0.0173. The lowest BCUT2D eigenvalue weighted by Gasteiger charge is -2.23. The molecule has 1 saturated carbocycles. The summed E-state index contributed by atoms with van der Waals surface area (Å²) in [5, 5.41) is 2.89. The van der Waals surface area contributed by atoms with Crippen molar-refractivity contribution in [3.63, 3.8) is 0 Å². The van der Waals surface area contributed by atoms with Crippen LogP contribution in [0.5, 0.6) is 0 Å². The number of pyridine rings is 1. The van der Waals surface area contributed by atoms with Crippen molar-refractivity contribution in [3.8, 4) is 0 Å². The Morgan fingerprint density at radius 1 is 1.43 bits per heavy atom. The molecule has 1 aliphatic carbocycles. The van der Waals surface area contributed by atoms with Crippen molar-refractivity contribution in [1.29, 1.82) is 0 Å². The summed E-state index contributed by atoms with van der Waals surface area (Å²) in [5.41, 5.74) is -0.440. The first-order valence-corrected chi connectivity index (χ1v) is 9.49. The summed E-state index contributed by atoms with van der Waals surface area (Å²) < 4.78 is 45.9. The molecule has 3 heterocycles. The molecule has 3 fully saturated rings. The normalized spacial score (nSPS) is 31.8. The Bertz CT molecular complexity index is 710. The number of anilines is 1. The molecule has 1 aromatic rings. The van der Waals surface area contributed by atoms with Crippen molar-refractivity contribution in [1.82, 2.24) is 9.29 Å². The van der Waals surface area contributed by atoms with Gasteiger partial charge in [0.1, 0.15) is 0 Å². The second-order valence-electron chi connectivity index (χ2n) is 6.70. The molecule has 1 aromatic heterocycles. The molecule has 126 valence electrons. The van der Waals surface area contributed by atoms with Crippen LogP contribution in [0.1, 0.15) is 25.7 Å². The minimum Gasteiger partial charge on any atom is -0.371 e. The first kappa shape index (κ1) is 15.3. The molecule has 0 amide bonds. The summed E-state index contributed by atoms with van der Waals surface area (Å²) >= 11 is 0. The fourth-order valence-corrected chi connectivity index (χ4v) is 5.42. The average molecular weight is 341 g/mol. The summed E-state index contributed by atoms with van der Waals surface area (Å²) in [6, 6.07) is 2.86. The molecular weight excluding hydrogens is 321 g/mol. The Labute approximate surface area is 135 Å². The van der Waals surface area contributed by atoms with Crippen LogP contribution in [0.25, 0.3) is 0 Å². The fourth-order valence-electron chi connectivity index (χ4n) is 3.51. The first-order valence-electron chi connectivity index (χ1n) is 7.99. The molecule has 1 N–H and O–H groups in total. The summed E-state index contributed by atoms with van der Waals surface area (Å²) in [7, 11) is -3.15. The zero-order valence-corrected chi connectivity index (χ0v) is 13.6. The van der Waals surface area contributed by atoms with E-state index in [0.29, 0.717) is 32.5 Å². The number of rotatable bonds is 4. The molecule has 4 rings (SSSR count). The van der Waals surface area contributed by atoms with Gasteiger partial charge in [-0.2, -0.15) is 4.31 Å². The highest BCUT2D eigenvalue weighted by atomic mass is 32.2. The van der Waals surface area contributed by atoms with E-state index >= 15 is 0 Å². The van der Waals surface area contributed by atoms with E-state index in [1.165, 1.54) is 12.3 Å². The monoisotopic (exact) mass is 341 g/mol. The number of halogens is 1. The van der Waals surface area contributed by atoms with Crippen LogP contribution in [0.15, 0.2) is 18.3 Å². The Kier molecular flexibility index (Phi) is 3.58. The van der Waals surface area contributed by atoms with E-state index in [-0.39, 0.29) is 17.1 Å². The van der Waals surface area contributed by atoms with E-state index < -0.39 is 21.4 Å². The fraction of sp³-hybridized carbons (Fsp3) is 0.667. The van der Waals surface area contributed by atoms with Gasteiger partial charge in [0.2, 0.25) is 10.0 Å². The Morgan fingerprint density at radius 2 is 2.26 bits per heavy atom. The molecule has 1 spiro atoms. The van der Waals surface area contributed by atoms with Crippen LogP contribution in [-0.2, 0) is 14.8 Å². The van der Waals surface area contributed by atoms with Gasteiger partial charge in [-0.15, -0.1) is 0 Å². The van der Waals surface area contributed by atoms with E-state index in [2.05, 4.69) is 10.3 Å². The summed E-state index contributed by atoms with van der Waals surface area (Å²) in [6.45, 7) is 1.37. The van der Waals surface area contributed by atoms with Crippen LogP contribution in [0, 0.1) is 5.82 Å². The predicted octanol–water partition coefficient (Wildman–Crippen LogP) is 1.36. The topological polar surface area (TPSA) is 71.5 Å². The van der Waals surface area contributed by atoms with Crippen LogP contribution in [0.2, 0.25) is 0 Å². The molecule has 8 heteroatoms. The van der Waals surface area contributed by atoms with Crippen LogP contribution < -0.4 is 5.32 Å². The molecule has 2 saturated heterocycles. The zero-order valence-electron chi connectivity index (χ0n) is 12.7. The van der Waals surface area contributed by atoms with Gasteiger partial charge in [-0.05, 0) is 31.4 Å². The molecule has 6 nitrogen and oxygen atoms in total. The van der Waals surface area contributed by atoms with Crippen LogP contribution in [0.4, 0.5) is 10.2 Å². The van der Waals surface area contributed by atoms with Crippen LogP contribution in [0.3, 0.4) is 0 Å². The van der Waals surface area contributed by atoms with Gasteiger partial charge in [0.15, 0.2) is 11.6 Å². The maximum atomic E-state index is 13.7. The van der Waals surface area contributed by atoms with Gasteiger partial charge in [0, 0.05) is 25.7 Å². The molecule has 2 atom stereocenters. The highest BCUT2D eigenvalue weighted by molar-refractivity contribution is 7.90. The van der Waals surface area contributed by atoms with Crippen molar-refractivity contribution >= 4 is 15.8 Å². The van der Waals surface area contributed by atoms with Gasteiger partial charge in [-0.25, -0.2) is 17.8 Å². The zero-order chi connectivity index (χ0) is 16.1.